The third-order valence-electron chi connectivity index (χ3n) is 3.01. The monoisotopic (exact) mass is 222 g/mol. The summed E-state index contributed by atoms with van der Waals surface area (Å²) < 4.78 is 7.10. The summed E-state index contributed by atoms with van der Waals surface area (Å²) in [6, 6.07) is 0. The maximum Gasteiger partial charge on any atom is 0.166 e. The van der Waals surface area contributed by atoms with Crippen molar-refractivity contribution in [2.24, 2.45) is 5.92 Å². The molecule has 0 spiro atoms. The van der Waals surface area contributed by atoms with Gasteiger partial charge in [0.1, 0.15) is 6.10 Å². The molecule has 1 aromatic heterocycles. The lowest BCUT2D eigenvalue weighted by atomic mass is 10.1. The number of methoxy groups -OCH3 is 1. The molecular formula is C12H18N2O2. The van der Waals surface area contributed by atoms with Crippen LogP contribution in [-0.4, -0.2) is 28.8 Å². The maximum absolute atomic E-state index is 12.0. The molecule has 0 aromatic carbocycles. The van der Waals surface area contributed by atoms with Gasteiger partial charge in [0.25, 0.3) is 0 Å². The van der Waals surface area contributed by atoms with E-state index in [-0.39, 0.29) is 11.9 Å². The number of hydrogen-bond donors (Lipinski definition) is 0. The fraction of sp³-hybridized carbons (Fsp3) is 0.667. The summed E-state index contributed by atoms with van der Waals surface area (Å²) in [7, 11) is 1.62. The van der Waals surface area contributed by atoms with Gasteiger partial charge in [-0.25, -0.2) is 0 Å². The van der Waals surface area contributed by atoms with Crippen molar-refractivity contribution in [2.75, 3.05) is 7.11 Å². The molecule has 2 rings (SSSR count). The van der Waals surface area contributed by atoms with Crippen molar-refractivity contribution in [3.8, 4) is 0 Å². The molecule has 1 saturated carbocycles. The van der Waals surface area contributed by atoms with Gasteiger partial charge < -0.3 is 4.74 Å². The van der Waals surface area contributed by atoms with Crippen molar-refractivity contribution in [1.29, 1.82) is 0 Å². The van der Waals surface area contributed by atoms with Gasteiger partial charge in [0, 0.05) is 26.3 Å². The van der Waals surface area contributed by atoms with Gasteiger partial charge in [-0.05, 0) is 31.2 Å². The summed E-state index contributed by atoms with van der Waals surface area (Å²) in [5.74, 6) is 0.638. The first-order chi connectivity index (χ1) is 7.74. The number of ether oxygens (including phenoxy) is 1. The third kappa shape index (κ3) is 2.50. The van der Waals surface area contributed by atoms with Crippen molar-refractivity contribution >= 4 is 5.78 Å². The highest BCUT2D eigenvalue weighted by atomic mass is 16.5. The lowest BCUT2D eigenvalue weighted by Gasteiger charge is -2.11. The lowest BCUT2D eigenvalue weighted by molar-refractivity contribution is -0.129. The minimum absolute atomic E-state index is 0.181. The van der Waals surface area contributed by atoms with Crippen molar-refractivity contribution in [3.63, 3.8) is 0 Å². The van der Waals surface area contributed by atoms with Gasteiger partial charge in [-0.2, -0.15) is 5.10 Å². The molecular weight excluding hydrogens is 204 g/mol. The molecule has 0 N–H and O–H groups in total. The van der Waals surface area contributed by atoms with Crippen LogP contribution in [0.3, 0.4) is 0 Å². The second kappa shape index (κ2) is 4.78. The second-order valence-electron chi connectivity index (χ2n) is 4.34. The highest BCUT2D eigenvalue weighted by molar-refractivity contribution is 5.85. The predicted molar refractivity (Wildman–Crippen MR) is 60.1 cm³/mol. The minimum atomic E-state index is -0.204. The minimum Gasteiger partial charge on any atom is -0.373 e. The van der Waals surface area contributed by atoms with E-state index in [0.717, 1.165) is 24.9 Å². The van der Waals surface area contributed by atoms with E-state index < -0.39 is 0 Å². The Balaban J connectivity index is 1.94. The van der Waals surface area contributed by atoms with Crippen LogP contribution in [0.1, 0.15) is 25.3 Å². The fourth-order valence-corrected chi connectivity index (χ4v) is 1.96. The number of carbonyl (C=O) groups excluding carboxylic acids is 1. The van der Waals surface area contributed by atoms with Crippen molar-refractivity contribution in [2.45, 2.75) is 38.8 Å². The van der Waals surface area contributed by atoms with Crippen LogP contribution in [0.4, 0.5) is 0 Å². The standard InChI is InChI=1S/C12H18N2O2/c1-3-14-8-9(7-13-14)6-11(15)12(16-2)10-4-5-10/h7-8,10,12H,3-6H2,1-2H3. The molecule has 0 bridgehead atoms. The van der Waals surface area contributed by atoms with E-state index >= 15 is 0 Å². The summed E-state index contributed by atoms with van der Waals surface area (Å²) in [6.45, 7) is 2.87. The fourth-order valence-electron chi connectivity index (χ4n) is 1.96. The van der Waals surface area contributed by atoms with Crippen LogP contribution in [0.25, 0.3) is 0 Å². The Labute approximate surface area is 95.6 Å². The van der Waals surface area contributed by atoms with Gasteiger partial charge in [-0.1, -0.05) is 0 Å². The largest absolute Gasteiger partial charge is 0.373 e. The Bertz CT molecular complexity index is 369. The molecule has 1 heterocycles. The zero-order valence-corrected chi connectivity index (χ0v) is 9.85. The molecule has 4 nitrogen and oxygen atoms in total. The first-order valence-corrected chi connectivity index (χ1v) is 5.81. The van der Waals surface area contributed by atoms with E-state index in [9.17, 15) is 4.79 Å². The molecule has 0 saturated heterocycles. The van der Waals surface area contributed by atoms with E-state index in [2.05, 4.69) is 5.10 Å². The summed E-state index contributed by atoms with van der Waals surface area (Å²) in [4.78, 5) is 12.0. The lowest BCUT2D eigenvalue weighted by Crippen LogP contribution is -2.26. The molecule has 0 radical (unpaired) electrons. The summed E-state index contributed by atoms with van der Waals surface area (Å²) >= 11 is 0. The number of aromatic nitrogens is 2. The van der Waals surface area contributed by atoms with Crippen LogP contribution in [0.5, 0.6) is 0 Å². The van der Waals surface area contributed by atoms with E-state index in [0.29, 0.717) is 12.3 Å². The van der Waals surface area contributed by atoms with Crippen LogP contribution >= 0.6 is 0 Å². The topological polar surface area (TPSA) is 44.1 Å². The zero-order chi connectivity index (χ0) is 11.5. The number of nitrogens with zero attached hydrogens (tertiary/aromatic N) is 2. The van der Waals surface area contributed by atoms with Crippen LogP contribution in [0.15, 0.2) is 12.4 Å². The molecule has 1 aliphatic rings. The normalized spacial score (nSPS) is 17.4. The van der Waals surface area contributed by atoms with Crippen molar-refractivity contribution in [1.82, 2.24) is 9.78 Å². The number of ketones is 1. The van der Waals surface area contributed by atoms with Crippen LogP contribution in [-0.2, 0) is 22.5 Å². The average molecular weight is 222 g/mol. The predicted octanol–water partition coefficient (Wildman–Crippen LogP) is 1.44. The SMILES string of the molecule is CCn1cc(CC(=O)C(OC)C2CC2)cn1. The third-order valence-corrected chi connectivity index (χ3v) is 3.01. The van der Waals surface area contributed by atoms with Crippen LogP contribution < -0.4 is 0 Å². The van der Waals surface area contributed by atoms with Gasteiger partial charge >= 0.3 is 0 Å². The quantitative estimate of drug-likeness (QED) is 0.731. The summed E-state index contributed by atoms with van der Waals surface area (Å²) in [6.07, 6.45) is 6.18. The van der Waals surface area contributed by atoms with E-state index in [1.54, 1.807) is 13.3 Å². The Kier molecular flexibility index (Phi) is 3.39. The van der Waals surface area contributed by atoms with E-state index in [1.807, 2.05) is 17.8 Å². The molecule has 0 aliphatic heterocycles. The van der Waals surface area contributed by atoms with Gasteiger partial charge in [-0.3, -0.25) is 9.48 Å². The van der Waals surface area contributed by atoms with Gasteiger partial charge in [0.05, 0.1) is 6.20 Å². The molecule has 1 aromatic rings. The molecule has 1 atom stereocenters. The van der Waals surface area contributed by atoms with E-state index in [4.69, 9.17) is 4.74 Å². The highest BCUT2D eigenvalue weighted by Gasteiger charge is 2.35. The summed E-state index contributed by atoms with van der Waals surface area (Å²) in [5, 5.41) is 4.16. The molecule has 1 aliphatic carbocycles. The van der Waals surface area contributed by atoms with Gasteiger partial charge in [-0.15, -0.1) is 0 Å². The highest BCUT2D eigenvalue weighted by Crippen LogP contribution is 2.34. The number of carbonyl (C=O) groups is 1. The summed E-state index contributed by atoms with van der Waals surface area (Å²) in [5.41, 5.74) is 0.981. The first-order valence-electron chi connectivity index (χ1n) is 5.81. The van der Waals surface area contributed by atoms with Crippen molar-refractivity contribution in [3.05, 3.63) is 18.0 Å². The second-order valence-corrected chi connectivity index (χ2v) is 4.34. The average Bonchev–Trinajstić information content (AvgIpc) is 2.99. The Morgan fingerprint density at radius 3 is 2.94 bits per heavy atom. The molecule has 16 heavy (non-hydrogen) atoms. The first kappa shape index (κ1) is 11.3. The van der Waals surface area contributed by atoms with Crippen LogP contribution in [0, 0.1) is 5.92 Å². The molecule has 1 unspecified atom stereocenters. The number of hydrogen-bond acceptors (Lipinski definition) is 3. The van der Waals surface area contributed by atoms with Gasteiger partial charge in [0.2, 0.25) is 0 Å². The molecule has 88 valence electrons. The van der Waals surface area contributed by atoms with E-state index in [1.165, 1.54) is 0 Å². The Hall–Kier alpha value is -1.16. The Morgan fingerprint density at radius 1 is 1.69 bits per heavy atom. The molecule has 1 fully saturated rings. The molecule has 0 amide bonds. The van der Waals surface area contributed by atoms with Crippen LogP contribution in [0.2, 0.25) is 0 Å². The maximum atomic E-state index is 12.0. The Morgan fingerprint density at radius 2 is 2.44 bits per heavy atom. The van der Waals surface area contributed by atoms with Crippen molar-refractivity contribution < 1.29 is 9.53 Å². The number of rotatable bonds is 6. The number of aryl methyl sites for hydroxylation is 1. The smallest absolute Gasteiger partial charge is 0.166 e. The number of Topliss-reactive ketones (excluding diaryl/α,β-unsaturated/α-hetero) is 1. The zero-order valence-electron chi connectivity index (χ0n) is 9.85. The van der Waals surface area contributed by atoms with Gasteiger partial charge in [0.15, 0.2) is 5.78 Å². The molecule has 4 heteroatoms.